The molecule has 2 aromatic rings. The molecule has 1 unspecified atom stereocenters. The van der Waals surface area contributed by atoms with Crippen molar-refractivity contribution in [3.63, 3.8) is 0 Å². The standard InChI is InChI=1S/C29H36F5N5O2/c30-28(31)13-6-14-38(18-28)17-20(15-26(40)35-19-7-5-8-19)36-27(41)24-16-25(39(37-24)21-9-1-2-10-21)22-11-3-4-12-23(22)29(32,33)34/h3-4,11-12,16,19-21H,1-2,5-10,13-15,17-18H2,(H,35,40)(H,36,41). The first-order chi connectivity index (χ1) is 19.5. The Bertz CT molecular complexity index is 1240. The second-order valence-electron chi connectivity index (χ2n) is 11.6. The van der Waals surface area contributed by atoms with Crippen molar-refractivity contribution in [1.29, 1.82) is 0 Å². The van der Waals surface area contributed by atoms with E-state index in [2.05, 4.69) is 15.7 Å². The molecule has 2 heterocycles. The molecule has 1 aromatic carbocycles. The van der Waals surface area contributed by atoms with Gasteiger partial charge in [-0.15, -0.1) is 0 Å². The van der Waals surface area contributed by atoms with Crippen LogP contribution in [0.2, 0.25) is 0 Å². The SMILES string of the molecule is O=C(CC(CN1CCCC(F)(F)C1)NC(=O)c1cc(-c2ccccc2C(F)(F)F)n(C2CCCC2)n1)NC1CCC1. The van der Waals surface area contributed by atoms with Gasteiger partial charge in [0.2, 0.25) is 5.91 Å². The van der Waals surface area contributed by atoms with E-state index in [0.29, 0.717) is 13.0 Å². The van der Waals surface area contributed by atoms with Crippen molar-refractivity contribution >= 4 is 11.8 Å². The molecule has 2 amide bonds. The average Bonchev–Trinajstić information content (AvgIpc) is 3.55. The minimum Gasteiger partial charge on any atom is -0.353 e. The third kappa shape index (κ3) is 7.25. The number of aromatic nitrogens is 2. The van der Waals surface area contributed by atoms with Gasteiger partial charge < -0.3 is 10.6 Å². The number of likely N-dealkylation sites (tertiary alicyclic amines) is 1. The predicted octanol–water partition coefficient (Wildman–Crippen LogP) is 5.57. The fourth-order valence-corrected chi connectivity index (χ4v) is 6.09. The Morgan fingerprint density at radius 3 is 2.44 bits per heavy atom. The van der Waals surface area contributed by atoms with E-state index in [9.17, 15) is 31.5 Å². The highest BCUT2D eigenvalue weighted by Crippen LogP contribution is 2.40. The third-order valence-corrected chi connectivity index (χ3v) is 8.34. The van der Waals surface area contributed by atoms with E-state index < -0.39 is 36.2 Å². The molecule has 2 saturated carbocycles. The molecule has 0 spiro atoms. The lowest BCUT2D eigenvalue weighted by Gasteiger charge is -2.35. The monoisotopic (exact) mass is 581 g/mol. The summed E-state index contributed by atoms with van der Waals surface area (Å²) >= 11 is 0. The van der Waals surface area contributed by atoms with Crippen molar-refractivity contribution in [2.75, 3.05) is 19.6 Å². The number of piperidine rings is 1. The number of carbonyl (C=O) groups excluding carboxylic acids is 2. The van der Waals surface area contributed by atoms with Crippen molar-refractivity contribution in [3.05, 3.63) is 41.6 Å². The number of amides is 2. The highest BCUT2D eigenvalue weighted by molar-refractivity contribution is 5.94. The number of hydrogen-bond donors (Lipinski definition) is 2. The zero-order valence-corrected chi connectivity index (χ0v) is 22.9. The number of benzene rings is 1. The average molecular weight is 582 g/mol. The molecule has 0 radical (unpaired) electrons. The fraction of sp³-hybridized carbons (Fsp3) is 0.621. The maximum Gasteiger partial charge on any atom is 0.417 e. The molecule has 1 atom stereocenters. The molecular formula is C29H36F5N5O2. The number of hydrogen-bond acceptors (Lipinski definition) is 4. The molecular weight excluding hydrogens is 545 g/mol. The quantitative estimate of drug-likeness (QED) is 0.380. The van der Waals surface area contributed by atoms with Gasteiger partial charge in [-0.25, -0.2) is 8.78 Å². The van der Waals surface area contributed by atoms with Crippen LogP contribution in [0.1, 0.15) is 86.3 Å². The Morgan fingerprint density at radius 1 is 1.05 bits per heavy atom. The van der Waals surface area contributed by atoms with Crippen molar-refractivity contribution in [2.24, 2.45) is 0 Å². The van der Waals surface area contributed by atoms with Gasteiger partial charge >= 0.3 is 6.18 Å². The Labute approximate surface area is 235 Å². The number of halogens is 5. The maximum absolute atomic E-state index is 14.1. The zero-order chi connectivity index (χ0) is 29.2. The topological polar surface area (TPSA) is 79.3 Å². The van der Waals surface area contributed by atoms with Crippen LogP contribution in [-0.2, 0) is 11.0 Å². The molecule has 224 valence electrons. The van der Waals surface area contributed by atoms with Gasteiger partial charge in [-0.1, -0.05) is 31.0 Å². The van der Waals surface area contributed by atoms with Gasteiger partial charge in [0.25, 0.3) is 11.8 Å². The van der Waals surface area contributed by atoms with Gasteiger partial charge in [-0.05, 0) is 57.2 Å². The van der Waals surface area contributed by atoms with Crippen LogP contribution < -0.4 is 10.6 Å². The summed E-state index contributed by atoms with van der Waals surface area (Å²) in [5, 5.41) is 10.2. The lowest BCUT2D eigenvalue weighted by molar-refractivity contribution is -0.137. The molecule has 3 aliphatic rings. The van der Waals surface area contributed by atoms with Crippen LogP contribution in [0.5, 0.6) is 0 Å². The lowest BCUT2D eigenvalue weighted by Crippen LogP contribution is -2.51. The second kappa shape index (κ2) is 12.1. The summed E-state index contributed by atoms with van der Waals surface area (Å²) in [7, 11) is 0. The Morgan fingerprint density at radius 2 is 1.78 bits per heavy atom. The van der Waals surface area contributed by atoms with Crippen LogP contribution in [0.25, 0.3) is 11.3 Å². The van der Waals surface area contributed by atoms with Crippen LogP contribution in [0, 0.1) is 0 Å². The molecule has 1 aliphatic heterocycles. The molecule has 7 nitrogen and oxygen atoms in total. The van der Waals surface area contributed by atoms with E-state index in [-0.39, 0.29) is 54.3 Å². The fourth-order valence-electron chi connectivity index (χ4n) is 6.09. The first kappa shape index (κ1) is 29.5. The summed E-state index contributed by atoms with van der Waals surface area (Å²) in [6, 6.07) is 5.73. The molecule has 2 aliphatic carbocycles. The highest BCUT2D eigenvalue weighted by Gasteiger charge is 2.37. The van der Waals surface area contributed by atoms with Crippen LogP contribution in [0.15, 0.2) is 30.3 Å². The van der Waals surface area contributed by atoms with E-state index >= 15 is 0 Å². The minimum atomic E-state index is -4.60. The second-order valence-corrected chi connectivity index (χ2v) is 11.6. The van der Waals surface area contributed by atoms with Gasteiger partial charge in [0, 0.05) is 31.0 Å². The zero-order valence-electron chi connectivity index (χ0n) is 22.9. The van der Waals surface area contributed by atoms with Crippen molar-refractivity contribution in [2.45, 2.75) is 94.4 Å². The van der Waals surface area contributed by atoms with Crippen molar-refractivity contribution in [1.82, 2.24) is 25.3 Å². The lowest BCUT2D eigenvalue weighted by atomic mass is 9.93. The summed E-state index contributed by atoms with van der Waals surface area (Å²) in [6.45, 7) is 0.00565. The van der Waals surface area contributed by atoms with Crippen LogP contribution in [0.3, 0.4) is 0 Å². The van der Waals surface area contributed by atoms with E-state index in [1.165, 1.54) is 28.9 Å². The number of nitrogens with one attached hydrogen (secondary N) is 2. The minimum absolute atomic E-state index is 0.0481. The van der Waals surface area contributed by atoms with Crippen LogP contribution >= 0.6 is 0 Å². The van der Waals surface area contributed by atoms with Crippen molar-refractivity contribution in [3.8, 4) is 11.3 Å². The first-order valence-electron chi connectivity index (χ1n) is 14.4. The number of alkyl halides is 5. The third-order valence-electron chi connectivity index (χ3n) is 8.34. The van der Waals surface area contributed by atoms with Gasteiger partial charge in [-0.3, -0.25) is 19.2 Å². The summed E-state index contributed by atoms with van der Waals surface area (Å²) < 4.78 is 71.4. The molecule has 12 heteroatoms. The van der Waals surface area contributed by atoms with Crippen molar-refractivity contribution < 1.29 is 31.5 Å². The Hall–Kier alpha value is -3.02. The molecule has 41 heavy (non-hydrogen) atoms. The molecule has 5 rings (SSSR count). The van der Waals surface area contributed by atoms with Crippen LogP contribution in [0.4, 0.5) is 22.0 Å². The van der Waals surface area contributed by atoms with E-state index in [4.69, 9.17) is 0 Å². The number of rotatable bonds is 9. The van der Waals surface area contributed by atoms with E-state index in [0.717, 1.165) is 51.0 Å². The number of nitrogens with zero attached hydrogens (tertiary/aromatic N) is 3. The summed E-state index contributed by atoms with van der Waals surface area (Å²) in [5.74, 6) is -3.78. The van der Waals surface area contributed by atoms with E-state index in [1.54, 1.807) is 4.90 Å². The normalized spacial score (nSPS) is 20.9. The summed E-state index contributed by atoms with van der Waals surface area (Å²) in [6.07, 6.45) is 1.46. The summed E-state index contributed by atoms with van der Waals surface area (Å²) in [4.78, 5) is 27.8. The van der Waals surface area contributed by atoms with Crippen LogP contribution in [-0.4, -0.2) is 64.1 Å². The maximum atomic E-state index is 14.1. The molecule has 0 bridgehead atoms. The van der Waals surface area contributed by atoms with E-state index in [1.807, 2.05) is 0 Å². The molecule has 1 saturated heterocycles. The molecule has 1 aromatic heterocycles. The van der Waals surface area contributed by atoms with Gasteiger partial charge in [0.1, 0.15) is 0 Å². The molecule has 2 N–H and O–H groups in total. The summed E-state index contributed by atoms with van der Waals surface area (Å²) in [5.41, 5.74) is -0.754. The van der Waals surface area contributed by atoms with Gasteiger partial charge in [0.15, 0.2) is 5.69 Å². The Kier molecular flexibility index (Phi) is 8.68. The largest absolute Gasteiger partial charge is 0.417 e. The van der Waals surface area contributed by atoms with Gasteiger partial charge in [0.05, 0.1) is 29.9 Å². The Balaban J connectivity index is 1.40. The number of carbonyl (C=O) groups is 2. The first-order valence-corrected chi connectivity index (χ1v) is 14.4. The van der Waals surface area contributed by atoms with Gasteiger partial charge in [-0.2, -0.15) is 18.3 Å². The predicted molar refractivity (Wildman–Crippen MR) is 142 cm³/mol. The smallest absolute Gasteiger partial charge is 0.353 e. The highest BCUT2D eigenvalue weighted by atomic mass is 19.4. The molecule has 3 fully saturated rings.